The van der Waals surface area contributed by atoms with Gasteiger partial charge < -0.3 is 10.2 Å². The smallest absolute Gasteiger partial charge is 0.264 e. The van der Waals surface area contributed by atoms with Crippen molar-refractivity contribution in [2.24, 2.45) is 0 Å². The van der Waals surface area contributed by atoms with Gasteiger partial charge in [0, 0.05) is 17.6 Å². The molecule has 0 saturated carbocycles. The van der Waals surface area contributed by atoms with E-state index in [0.717, 1.165) is 4.31 Å². The summed E-state index contributed by atoms with van der Waals surface area (Å²) in [6.07, 6.45) is 0.705. The van der Waals surface area contributed by atoms with Gasteiger partial charge in [-0.25, -0.2) is 8.42 Å². The van der Waals surface area contributed by atoms with E-state index in [0.29, 0.717) is 17.0 Å². The summed E-state index contributed by atoms with van der Waals surface area (Å²) < 4.78 is 28.5. The summed E-state index contributed by atoms with van der Waals surface area (Å²) in [5, 5.41) is 3.47. The lowest BCUT2D eigenvalue weighted by Crippen LogP contribution is -2.52. The highest BCUT2D eigenvalue weighted by Crippen LogP contribution is 2.35. The molecule has 0 aliphatic rings. The van der Waals surface area contributed by atoms with E-state index >= 15 is 0 Å². The van der Waals surface area contributed by atoms with Crippen LogP contribution in [0.3, 0.4) is 0 Å². The summed E-state index contributed by atoms with van der Waals surface area (Å²) in [5.74, 6) is -0.977. The van der Waals surface area contributed by atoms with E-state index < -0.39 is 28.5 Å². The summed E-state index contributed by atoms with van der Waals surface area (Å²) in [6.45, 7) is 4.80. The highest BCUT2D eigenvalue weighted by atomic mass is 35.5. The molecule has 208 valence electrons. The van der Waals surface area contributed by atoms with E-state index in [2.05, 4.69) is 5.32 Å². The summed E-state index contributed by atoms with van der Waals surface area (Å²) >= 11 is 18.8. The van der Waals surface area contributed by atoms with Crippen LogP contribution in [0, 0.1) is 0 Å². The van der Waals surface area contributed by atoms with Gasteiger partial charge in [0.1, 0.15) is 12.6 Å². The van der Waals surface area contributed by atoms with Crippen LogP contribution in [-0.4, -0.2) is 43.8 Å². The van der Waals surface area contributed by atoms with E-state index in [-0.39, 0.29) is 39.1 Å². The fourth-order valence-corrected chi connectivity index (χ4v) is 5.91. The van der Waals surface area contributed by atoms with Crippen molar-refractivity contribution in [3.8, 4) is 0 Å². The predicted octanol–water partition coefficient (Wildman–Crippen LogP) is 6.17. The minimum Gasteiger partial charge on any atom is -0.352 e. The monoisotopic (exact) mass is 609 g/mol. The van der Waals surface area contributed by atoms with Gasteiger partial charge in [0.15, 0.2) is 0 Å². The fourth-order valence-electron chi connectivity index (χ4n) is 3.80. The molecule has 2 amide bonds. The Morgan fingerprint density at radius 2 is 1.59 bits per heavy atom. The van der Waals surface area contributed by atoms with Crippen LogP contribution in [0.2, 0.25) is 15.1 Å². The van der Waals surface area contributed by atoms with Crippen LogP contribution in [0.1, 0.15) is 32.8 Å². The van der Waals surface area contributed by atoms with Gasteiger partial charge in [-0.2, -0.15) is 0 Å². The zero-order valence-corrected chi connectivity index (χ0v) is 24.9. The Kier molecular flexibility index (Phi) is 10.7. The molecular weight excluding hydrogens is 581 g/mol. The van der Waals surface area contributed by atoms with Crippen molar-refractivity contribution >= 4 is 62.3 Å². The number of rotatable bonds is 11. The molecule has 3 aromatic carbocycles. The molecule has 0 aliphatic carbocycles. The lowest BCUT2D eigenvalue weighted by atomic mass is 10.1. The van der Waals surface area contributed by atoms with Crippen LogP contribution < -0.4 is 9.62 Å². The second-order valence-corrected chi connectivity index (χ2v) is 12.1. The van der Waals surface area contributed by atoms with Crippen molar-refractivity contribution in [2.45, 2.75) is 50.7 Å². The zero-order chi connectivity index (χ0) is 28.7. The number of carbonyl (C=O) groups excluding carboxylic acids is 2. The minimum absolute atomic E-state index is 0.0181. The van der Waals surface area contributed by atoms with Gasteiger partial charge in [-0.1, -0.05) is 78.1 Å². The zero-order valence-electron chi connectivity index (χ0n) is 21.8. The maximum atomic E-state index is 13.9. The normalized spacial score (nSPS) is 12.9. The molecule has 0 bridgehead atoms. The Balaban J connectivity index is 2.06. The first-order valence-electron chi connectivity index (χ1n) is 12.3. The summed E-state index contributed by atoms with van der Waals surface area (Å²) in [6, 6.07) is 18.1. The van der Waals surface area contributed by atoms with Gasteiger partial charge in [0.25, 0.3) is 10.0 Å². The van der Waals surface area contributed by atoms with Crippen molar-refractivity contribution in [1.29, 1.82) is 0 Å². The Morgan fingerprint density at radius 3 is 2.23 bits per heavy atom. The number of nitrogens with zero attached hydrogens (tertiary/aromatic N) is 2. The minimum atomic E-state index is -4.25. The highest BCUT2D eigenvalue weighted by Gasteiger charge is 2.33. The van der Waals surface area contributed by atoms with Gasteiger partial charge in [-0.15, -0.1) is 0 Å². The Labute approximate surface area is 244 Å². The third kappa shape index (κ3) is 7.66. The highest BCUT2D eigenvalue weighted by molar-refractivity contribution is 7.92. The number of halogens is 3. The molecule has 0 aromatic heterocycles. The third-order valence-electron chi connectivity index (χ3n) is 6.22. The predicted molar refractivity (Wildman–Crippen MR) is 157 cm³/mol. The standard InChI is InChI=1S/C28H30Cl3N3O4S/c1-4-19(2)32-28(36)20(3)33(17-21-10-8-11-22(29)16-21)26(35)18-34(25-15-9-14-24(30)27(25)31)39(37,38)23-12-6-5-7-13-23/h5-16,19-20H,4,17-18H2,1-3H3,(H,32,36). The van der Waals surface area contributed by atoms with Gasteiger partial charge in [-0.05, 0) is 62.2 Å². The fraction of sp³-hybridized carbons (Fsp3) is 0.286. The molecule has 1 N–H and O–H groups in total. The quantitative estimate of drug-likeness (QED) is 0.281. The maximum Gasteiger partial charge on any atom is 0.264 e. The summed E-state index contributed by atoms with van der Waals surface area (Å²) in [4.78, 5) is 28.3. The molecule has 7 nitrogen and oxygen atoms in total. The molecule has 39 heavy (non-hydrogen) atoms. The second kappa shape index (κ2) is 13.5. The molecule has 3 aromatic rings. The first-order chi connectivity index (χ1) is 18.4. The first kappa shape index (κ1) is 30.8. The Hall–Kier alpha value is -2.78. The van der Waals surface area contributed by atoms with Crippen LogP contribution >= 0.6 is 34.8 Å². The number of nitrogens with one attached hydrogen (secondary N) is 1. The first-order valence-corrected chi connectivity index (χ1v) is 14.9. The number of sulfonamides is 1. The number of anilines is 1. The lowest BCUT2D eigenvalue weighted by molar-refractivity contribution is -0.139. The lowest BCUT2D eigenvalue weighted by Gasteiger charge is -2.32. The number of amides is 2. The maximum absolute atomic E-state index is 13.9. The van der Waals surface area contributed by atoms with E-state index in [9.17, 15) is 18.0 Å². The van der Waals surface area contributed by atoms with Crippen molar-refractivity contribution in [2.75, 3.05) is 10.8 Å². The van der Waals surface area contributed by atoms with Crippen LogP contribution in [0.5, 0.6) is 0 Å². The second-order valence-electron chi connectivity index (χ2n) is 9.04. The molecule has 0 heterocycles. The van der Waals surface area contributed by atoms with Crippen LogP contribution in [-0.2, 0) is 26.2 Å². The van der Waals surface area contributed by atoms with Crippen LogP contribution in [0.4, 0.5) is 5.69 Å². The number of carbonyl (C=O) groups is 2. The van der Waals surface area contributed by atoms with Crippen molar-refractivity contribution in [1.82, 2.24) is 10.2 Å². The average Bonchev–Trinajstić information content (AvgIpc) is 2.92. The van der Waals surface area contributed by atoms with E-state index in [1.165, 1.54) is 29.2 Å². The van der Waals surface area contributed by atoms with Crippen LogP contribution in [0.25, 0.3) is 0 Å². The molecule has 0 spiro atoms. The third-order valence-corrected chi connectivity index (χ3v) is 9.04. The summed E-state index contributed by atoms with van der Waals surface area (Å²) in [7, 11) is -4.25. The largest absolute Gasteiger partial charge is 0.352 e. The Morgan fingerprint density at radius 1 is 0.923 bits per heavy atom. The average molecular weight is 611 g/mol. The van der Waals surface area contributed by atoms with Gasteiger partial charge in [0.2, 0.25) is 11.8 Å². The molecule has 0 aliphatic heterocycles. The van der Waals surface area contributed by atoms with E-state index in [1.807, 2.05) is 13.8 Å². The van der Waals surface area contributed by atoms with Crippen LogP contribution in [0.15, 0.2) is 77.7 Å². The Bertz CT molecular complexity index is 1420. The van der Waals surface area contributed by atoms with E-state index in [1.54, 1.807) is 55.5 Å². The molecule has 0 saturated heterocycles. The van der Waals surface area contributed by atoms with Crippen molar-refractivity contribution in [3.05, 3.63) is 93.4 Å². The number of hydrogen-bond donors (Lipinski definition) is 1. The molecular formula is C28H30Cl3N3O4S. The van der Waals surface area contributed by atoms with Crippen molar-refractivity contribution in [3.63, 3.8) is 0 Å². The summed E-state index contributed by atoms with van der Waals surface area (Å²) in [5.41, 5.74) is 0.720. The molecule has 2 unspecified atom stereocenters. The number of hydrogen-bond acceptors (Lipinski definition) is 4. The van der Waals surface area contributed by atoms with E-state index in [4.69, 9.17) is 34.8 Å². The molecule has 0 radical (unpaired) electrons. The van der Waals surface area contributed by atoms with Crippen molar-refractivity contribution < 1.29 is 18.0 Å². The molecule has 0 fully saturated rings. The van der Waals surface area contributed by atoms with Gasteiger partial charge in [-0.3, -0.25) is 13.9 Å². The SMILES string of the molecule is CCC(C)NC(=O)C(C)N(Cc1cccc(Cl)c1)C(=O)CN(c1cccc(Cl)c1Cl)S(=O)(=O)c1ccccc1. The van der Waals surface area contributed by atoms with Gasteiger partial charge >= 0.3 is 0 Å². The van der Waals surface area contributed by atoms with Gasteiger partial charge in [0.05, 0.1) is 20.6 Å². The number of benzene rings is 3. The molecule has 11 heteroatoms. The topological polar surface area (TPSA) is 86.8 Å². The molecule has 3 rings (SSSR count). The molecule has 2 atom stereocenters.